The first-order valence-electron chi connectivity index (χ1n) is 20.3. The van der Waals surface area contributed by atoms with Crippen LogP contribution in [0.1, 0.15) is 54.1 Å². The first-order chi connectivity index (χ1) is 30.9. The fourth-order valence-electron chi connectivity index (χ4n) is 6.65. The highest BCUT2D eigenvalue weighted by atomic mass is 79.9. The number of carbonyl (C=O) groups excluding carboxylic acids is 2. The van der Waals surface area contributed by atoms with Crippen LogP contribution < -0.4 is 20.3 Å². The van der Waals surface area contributed by atoms with Gasteiger partial charge in [0.15, 0.2) is 5.78 Å². The number of hydrogen-bond donors (Lipinski definition) is 1. The number of ether oxygens (including phenoxy) is 2. The Morgan fingerprint density at radius 2 is 1.23 bits per heavy atom. The van der Waals surface area contributed by atoms with Gasteiger partial charge in [-0.2, -0.15) is 0 Å². The summed E-state index contributed by atoms with van der Waals surface area (Å²) in [5, 5.41) is 4.63. The summed E-state index contributed by atoms with van der Waals surface area (Å²) >= 11 is 3.42. The molecule has 0 unspecified atom stereocenters. The zero-order valence-corrected chi connectivity index (χ0v) is 37.7. The molecule has 0 radical (unpaired) electrons. The Morgan fingerprint density at radius 1 is 0.656 bits per heavy atom. The molecule has 1 saturated heterocycles. The molecule has 8 aromatic rings. The number of ketones is 1. The Balaban J connectivity index is 0.000000152. The van der Waals surface area contributed by atoms with Crippen molar-refractivity contribution in [3.63, 3.8) is 0 Å². The maximum Gasteiger partial charge on any atom is 0.494 e. The van der Waals surface area contributed by atoms with E-state index in [1.807, 2.05) is 113 Å². The van der Waals surface area contributed by atoms with E-state index >= 15 is 0 Å². The summed E-state index contributed by atoms with van der Waals surface area (Å²) in [5.41, 5.74) is 5.70. The van der Waals surface area contributed by atoms with Gasteiger partial charge in [0, 0.05) is 56.9 Å². The molecule has 5 heterocycles. The lowest BCUT2D eigenvalue weighted by Gasteiger charge is -2.32. The molecule has 0 bridgehead atoms. The topological polar surface area (TPSA) is 160 Å². The Morgan fingerprint density at radius 3 is 1.83 bits per heavy atom. The van der Waals surface area contributed by atoms with Gasteiger partial charge in [0.05, 0.1) is 31.8 Å². The van der Waals surface area contributed by atoms with E-state index in [1.165, 1.54) is 12.7 Å². The lowest BCUT2D eigenvalue weighted by molar-refractivity contribution is 0.00578. The van der Waals surface area contributed by atoms with Gasteiger partial charge in [-0.15, -0.1) is 0 Å². The van der Waals surface area contributed by atoms with Crippen LogP contribution in [0.25, 0.3) is 32.9 Å². The minimum absolute atomic E-state index is 0.0446. The summed E-state index contributed by atoms with van der Waals surface area (Å²) in [6.07, 6.45) is 10.2. The molecule has 9 rings (SSSR count). The molecule has 0 atom stereocenters. The molecule has 4 aromatic carbocycles. The van der Waals surface area contributed by atoms with Gasteiger partial charge in [0.2, 0.25) is 0 Å². The fraction of sp³-hybridized carbons (Fsp3) is 0.184. The molecule has 64 heavy (non-hydrogen) atoms. The van der Waals surface area contributed by atoms with Crippen molar-refractivity contribution < 1.29 is 28.4 Å². The van der Waals surface area contributed by atoms with Gasteiger partial charge in [-0.05, 0) is 105 Å². The molecule has 0 spiro atoms. The molecule has 322 valence electrons. The third-order valence-corrected chi connectivity index (χ3v) is 11.5. The average molecular weight is 919 g/mol. The smallest absolute Gasteiger partial charge is 0.494 e. The van der Waals surface area contributed by atoms with Crippen LogP contribution in [-0.4, -0.2) is 74.1 Å². The van der Waals surface area contributed by atoms with Gasteiger partial charge < -0.3 is 24.1 Å². The minimum Gasteiger partial charge on any atom is -0.494 e. The van der Waals surface area contributed by atoms with Crippen LogP contribution in [0.4, 0.5) is 5.82 Å². The second-order valence-electron chi connectivity index (χ2n) is 15.5. The number of rotatable bonds is 9. The maximum atomic E-state index is 12.5. The zero-order valence-electron chi connectivity index (χ0n) is 36.2. The molecular formula is C49H45BBrN7O6. The van der Waals surface area contributed by atoms with E-state index in [1.54, 1.807) is 63.3 Å². The minimum atomic E-state index is -0.428. The van der Waals surface area contributed by atoms with Crippen LogP contribution in [0.3, 0.4) is 0 Å². The molecule has 0 saturated carbocycles. The molecule has 1 N–H and O–H groups in total. The number of carbonyl (C=O) groups is 2. The highest BCUT2D eigenvalue weighted by Gasteiger charge is 2.51. The van der Waals surface area contributed by atoms with Crippen molar-refractivity contribution in [2.45, 2.75) is 45.3 Å². The number of Topliss-reactive ketones (excluding diaryl/α,β-unsaturated/α-hetero) is 1. The third kappa shape index (κ3) is 10.5. The summed E-state index contributed by atoms with van der Waals surface area (Å²) in [6.45, 7) is 8.06. The van der Waals surface area contributed by atoms with E-state index in [-0.39, 0.29) is 22.9 Å². The van der Waals surface area contributed by atoms with Crippen LogP contribution in [-0.2, 0) is 15.7 Å². The number of amides is 1. The number of fused-ring (bicyclic) bond motifs is 2. The van der Waals surface area contributed by atoms with E-state index in [0.29, 0.717) is 29.1 Å². The molecule has 15 heteroatoms. The van der Waals surface area contributed by atoms with Gasteiger partial charge >= 0.3 is 7.12 Å². The second kappa shape index (κ2) is 20.1. The van der Waals surface area contributed by atoms with Gasteiger partial charge in [0.25, 0.3) is 5.91 Å². The Bertz CT molecular complexity index is 2860. The predicted molar refractivity (Wildman–Crippen MR) is 252 cm³/mol. The largest absolute Gasteiger partial charge is 0.494 e. The number of pyridine rings is 2. The van der Waals surface area contributed by atoms with Crippen molar-refractivity contribution in [1.82, 2.24) is 29.9 Å². The highest BCUT2D eigenvalue weighted by molar-refractivity contribution is 9.10. The zero-order chi connectivity index (χ0) is 45.3. The quantitative estimate of drug-likeness (QED) is 0.108. The maximum absolute atomic E-state index is 12.5. The number of methoxy groups -OCH3 is 2. The molecule has 1 amide bonds. The molecule has 1 aliphatic rings. The van der Waals surface area contributed by atoms with E-state index in [4.69, 9.17) is 18.8 Å². The number of benzene rings is 4. The second-order valence-corrected chi connectivity index (χ2v) is 16.4. The van der Waals surface area contributed by atoms with Crippen LogP contribution in [0.2, 0.25) is 0 Å². The van der Waals surface area contributed by atoms with Crippen LogP contribution in [0.15, 0.2) is 151 Å². The van der Waals surface area contributed by atoms with E-state index < -0.39 is 7.12 Å². The highest BCUT2D eigenvalue weighted by Crippen LogP contribution is 2.37. The van der Waals surface area contributed by atoms with Crippen molar-refractivity contribution in [3.05, 3.63) is 168 Å². The molecule has 1 fully saturated rings. The van der Waals surface area contributed by atoms with Crippen molar-refractivity contribution in [2.75, 3.05) is 19.5 Å². The average Bonchev–Trinajstić information content (AvgIpc) is 3.55. The predicted octanol–water partition coefficient (Wildman–Crippen LogP) is 9.16. The number of aromatic nitrogens is 6. The lowest BCUT2D eigenvalue weighted by atomic mass is 9.79. The molecule has 1 aliphatic heterocycles. The van der Waals surface area contributed by atoms with Gasteiger partial charge in [-0.3, -0.25) is 14.6 Å². The number of anilines is 1. The van der Waals surface area contributed by atoms with Gasteiger partial charge in [-0.25, -0.2) is 24.9 Å². The van der Waals surface area contributed by atoms with Crippen LogP contribution >= 0.6 is 15.9 Å². The number of nitrogens with zero attached hydrogens (tertiary/aromatic N) is 6. The molecule has 4 aromatic heterocycles. The molecule has 0 aliphatic carbocycles. The standard InChI is InChI=1S/C22H17N3O2.C18H21BN2O3.C9H7BrN2O/c1-27-21-10-9-18(19-13-23-14-25-22(19)21)15-5-7-16(8-6-15)20(26)12-17-4-2-3-11-24-17;1-17(2)18(3,4)24-19(23-17)14-10-8-13(9-11-14)16(22)21-15-7-5-6-12-20-15;1-13-8-3-2-7(10)6-4-11-5-12-9(6)8/h2-11,13-14H,12H2,1H3;5-12H,1-4H3,(H,20,21,22);2-5H,1H3. The van der Waals surface area contributed by atoms with Crippen LogP contribution in [0, 0.1) is 0 Å². The normalized spacial score (nSPS) is 13.5. The number of halogens is 1. The van der Waals surface area contributed by atoms with Crippen LogP contribution in [0.5, 0.6) is 11.5 Å². The third-order valence-electron chi connectivity index (χ3n) is 10.9. The van der Waals surface area contributed by atoms with Crippen molar-refractivity contribution in [3.8, 4) is 22.6 Å². The van der Waals surface area contributed by atoms with Crippen molar-refractivity contribution >= 4 is 67.8 Å². The molecular weight excluding hydrogens is 873 g/mol. The first kappa shape index (κ1) is 45.1. The number of hydrogen-bond acceptors (Lipinski definition) is 12. The van der Waals surface area contributed by atoms with E-state index in [0.717, 1.165) is 54.3 Å². The summed E-state index contributed by atoms with van der Waals surface area (Å²) in [6, 6.07) is 33.4. The van der Waals surface area contributed by atoms with E-state index in [2.05, 4.69) is 51.2 Å². The Kier molecular flexibility index (Phi) is 14.1. The lowest BCUT2D eigenvalue weighted by Crippen LogP contribution is -2.41. The summed E-state index contributed by atoms with van der Waals surface area (Å²) in [7, 11) is 2.83. The van der Waals surface area contributed by atoms with E-state index in [9.17, 15) is 9.59 Å². The SMILES string of the molecule is CC1(C)OB(c2ccc(C(=O)Nc3ccccn3)cc2)OC1(C)C.COc1ccc(-c2ccc(C(=O)Cc3ccccn3)cc2)c2cncnc12.COc1ccc(Br)c2cncnc12. The summed E-state index contributed by atoms with van der Waals surface area (Å²) in [5.74, 6) is 1.84. The Labute approximate surface area is 380 Å². The van der Waals surface area contributed by atoms with Crippen molar-refractivity contribution in [1.29, 1.82) is 0 Å². The number of nitrogens with one attached hydrogen (secondary N) is 1. The van der Waals surface area contributed by atoms with Crippen molar-refractivity contribution in [2.24, 2.45) is 0 Å². The molecule has 13 nitrogen and oxygen atoms in total. The first-order valence-corrected chi connectivity index (χ1v) is 21.1. The fourth-order valence-corrected chi connectivity index (χ4v) is 7.07. The summed E-state index contributed by atoms with van der Waals surface area (Å²) < 4.78 is 23.6. The summed E-state index contributed by atoms with van der Waals surface area (Å²) in [4.78, 5) is 49.6. The Hall–Kier alpha value is -6.94. The van der Waals surface area contributed by atoms with Gasteiger partial charge in [-0.1, -0.05) is 64.5 Å². The monoisotopic (exact) mass is 917 g/mol. The van der Waals surface area contributed by atoms with Gasteiger partial charge in [0.1, 0.15) is 41.0 Å².